The number of aromatic hydroxyl groups is 3. The van der Waals surface area contributed by atoms with Crippen LogP contribution in [0.1, 0.15) is 122 Å². The molecule has 2 saturated heterocycles. The van der Waals surface area contributed by atoms with Gasteiger partial charge in [-0.05, 0) is 163 Å². The molecule has 0 aromatic heterocycles. The molecule has 0 unspecified atom stereocenters. The summed E-state index contributed by atoms with van der Waals surface area (Å²) in [5.74, 6) is -15.5. The molecule has 18 atom stereocenters. The first-order chi connectivity index (χ1) is 59.9. The number of hydrogen-bond donors (Lipinski definition) is 19. The van der Waals surface area contributed by atoms with Crippen molar-refractivity contribution < 1.29 is 127 Å². The number of phenolic OH excluding ortho intramolecular Hbond substituents is 3. The minimum absolute atomic E-state index is 0.0594. The maximum absolute atomic E-state index is 16.3. The number of nitrogens with two attached hydrogens (primary N) is 1. The molecule has 20 N–H and O–H groups in total. The molecule has 39 heteroatoms. The number of halogens is 4. The lowest BCUT2D eigenvalue weighted by molar-refractivity contribution is -0.334. The van der Waals surface area contributed by atoms with E-state index in [0.29, 0.717) is 27.1 Å². The number of likely N-dealkylation sites (N-methyl/N-ethyl adjacent to an activating group) is 1. The van der Waals surface area contributed by atoms with E-state index in [4.69, 9.17) is 90.0 Å². The number of hydrogen-bond acceptors (Lipinski definition) is 27. The Morgan fingerprint density at radius 3 is 1.80 bits per heavy atom. The van der Waals surface area contributed by atoms with Crippen molar-refractivity contribution in [3.63, 3.8) is 0 Å². The van der Waals surface area contributed by atoms with Crippen LogP contribution in [-0.4, -0.2) is 191 Å². The van der Waals surface area contributed by atoms with Gasteiger partial charge < -0.3 is 137 Å². The normalized spacial score (nSPS) is 25.8. The van der Waals surface area contributed by atoms with Crippen molar-refractivity contribution in [3.05, 3.63) is 210 Å². The Morgan fingerprint density at radius 2 is 1.21 bits per heavy atom. The van der Waals surface area contributed by atoms with Gasteiger partial charge in [0.1, 0.15) is 103 Å². The molecule has 2 fully saturated rings. The van der Waals surface area contributed by atoms with Crippen LogP contribution >= 0.6 is 46.4 Å². The molecule has 0 saturated carbocycles. The Hall–Kier alpha value is -11.4. The first-order valence-electron chi connectivity index (χ1n) is 39.7. The van der Waals surface area contributed by atoms with Crippen LogP contribution < -0.4 is 72.0 Å². The first kappa shape index (κ1) is 92.3. The maximum Gasteiger partial charge on any atom is 0.330 e. The fourth-order valence-electron chi connectivity index (χ4n) is 15.3. The highest BCUT2D eigenvalue weighted by atomic mass is 35.5. The van der Waals surface area contributed by atoms with Crippen molar-refractivity contribution in [1.82, 2.24) is 42.5 Å². The highest BCUT2D eigenvalue weighted by molar-refractivity contribution is 6.32. The molecule has 15 rings (SSSR count). The molecule has 7 aliphatic heterocycles. The molecule has 35 nitrogen and oxygen atoms in total. The summed E-state index contributed by atoms with van der Waals surface area (Å²) >= 11 is 26.7. The van der Waals surface area contributed by atoms with Crippen LogP contribution in [0.3, 0.4) is 0 Å². The van der Waals surface area contributed by atoms with Crippen molar-refractivity contribution in [2.75, 3.05) is 13.7 Å². The second kappa shape index (κ2) is 39.3. The van der Waals surface area contributed by atoms with E-state index < -0.39 is 237 Å². The van der Waals surface area contributed by atoms with Crippen LogP contribution in [0.2, 0.25) is 20.1 Å². The van der Waals surface area contributed by atoms with Gasteiger partial charge in [0.2, 0.25) is 53.4 Å². The molecular formula is C87H91Cl4N9O26. The van der Waals surface area contributed by atoms with Gasteiger partial charge in [-0.25, -0.2) is 4.79 Å². The second-order valence-electron chi connectivity index (χ2n) is 31.6. The van der Waals surface area contributed by atoms with E-state index in [0.717, 1.165) is 77.9 Å². The van der Waals surface area contributed by atoms with Crippen LogP contribution in [0.4, 0.5) is 0 Å². The van der Waals surface area contributed by atoms with Crippen molar-refractivity contribution in [2.24, 2.45) is 11.7 Å². The van der Waals surface area contributed by atoms with Crippen LogP contribution in [0.15, 0.2) is 146 Å². The molecule has 8 aromatic carbocycles. The predicted octanol–water partition coefficient (Wildman–Crippen LogP) is 6.40. The number of carboxylic acid groups (broad SMARTS) is 1. The molecule has 8 aromatic rings. The minimum atomic E-state index is -2.39. The molecular weight excluding hydrogens is 1730 g/mol. The first-order valence-corrected chi connectivity index (χ1v) is 41.3. The number of benzene rings is 8. The van der Waals surface area contributed by atoms with Crippen molar-refractivity contribution >= 4 is 93.7 Å². The third kappa shape index (κ3) is 20.8. The Bertz CT molecular complexity index is 5450. The van der Waals surface area contributed by atoms with Gasteiger partial charge in [0.25, 0.3) is 0 Å². The Labute approximate surface area is 739 Å². The number of amides is 7. The van der Waals surface area contributed by atoms with E-state index in [-0.39, 0.29) is 66.0 Å². The van der Waals surface area contributed by atoms with E-state index in [1.807, 2.05) is 38.1 Å². The summed E-state index contributed by atoms with van der Waals surface area (Å²) in [6.07, 6.45) is -19.2. The lowest BCUT2D eigenvalue weighted by Gasteiger charge is -2.48. The maximum atomic E-state index is 16.3. The number of rotatable bonds is 22. The Kier molecular flexibility index (Phi) is 28.8. The number of primary amides is 1. The quantitative estimate of drug-likeness (QED) is 0.0349. The summed E-state index contributed by atoms with van der Waals surface area (Å²) in [5, 5.41) is 139. The summed E-state index contributed by atoms with van der Waals surface area (Å²) in [5.41, 5.74) is 3.79. The third-order valence-electron chi connectivity index (χ3n) is 22.1. The number of phenols is 3. The molecule has 0 aliphatic carbocycles. The van der Waals surface area contributed by atoms with Gasteiger partial charge in [-0.15, -0.1) is 0 Å². The molecule has 668 valence electrons. The van der Waals surface area contributed by atoms with E-state index in [9.17, 15) is 65.4 Å². The average molecular weight is 1820 g/mol. The molecule has 0 spiro atoms. The molecule has 7 aliphatic rings. The Morgan fingerprint density at radius 1 is 0.619 bits per heavy atom. The molecule has 7 amide bonds. The molecule has 11 bridgehead atoms. The van der Waals surface area contributed by atoms with Gasteiger partial charge in [0.15, 0.2) is 41.4 Å². The SMILES string of the molecule is CN[C@H](CC(C)C)C(=O)N[C@H]1C(=O)N[C@@H](CC(N)=O)C(=O)N[C@H]2C(=O)N[C@H]3C(=O)N[C@H](C(=O)N[C@H](C(=O)O)c4cc(O)cc(O)c4-c4cc3ccc4O)[C@H](O)c3ccc(c(Cl)c3)Oc3cc2cc(c3O[C@@H]2O[C@H](CO)[C@@H](O)[C@H](O)[C@H]2O[C@H]2C[C@](C)(NCc3ccc(OCc4ccc(Cl)cc4)c(OCc4ccc(Cl)cc4)c3)[C@H](O)[C@H](C)O2)Oc2ccc(cc2Cl)[C@H]1O. The van der Waals surface area contributed by atoms with Gasteiger partial charge in [0, 0.05) is 51.3 Å². The summed E-state index contributed by atoms with van der Waals surface area (Å²) in [4.78, 5) is 118. The second-order valence-corrected chi connectivity index (χ2v) is 33.3. The molecule has 126 heavy (non-hydrogen) atoms. The fourth-order valence-corrected chi connectivity index (χ4v) is 16.0. The van der Waals surface area contributed by atoms with Crippen LogP contribution in [0, 0.1) is 5.92 Å². The van der Waals surface area contributed by atoms with Crippen LogP contribution in [0.25, 0.3) is 11.1 Å². The van der Waals surface area contributed by atoms with E-state index in [2.05, 4.69) is 42.5 Å². The number of aliphatic hydroxyl groups is 6. The van der Waals surface area contributed by atoms with Gasteiger partial charge in [-0.3, -0.25) is 33.6 Å². The monoisotopic (exact) mass is 1820 g/mol. The molecule has 7 heterocycles. The number of carboxylic acids is 1. The van der Waals surface area contributed by atoms with Crippen LogP contribution in [0.5, 0.6) is 57.5 Å². The zero-order valence-electron chi connectivity index (χ0n) is 67.8. The van der Waals surface area contributed by atoms with Gasteiger partial charge in [0.05, 0.1) is 41.3 Å². The number of aliphatic hydroxyl groups excluding tert-OH is 6. The Balaban J connectivity index is 0.949. The summed E-state index contributed by atoms with van der Waals surface area (Å²) < 4.78 is 52.4. The largest absolute Gasteiger partial charge is 0.508 e. The zero-order valence-corrected chi connectivity index (χ0v) is 70.8. The highest BCUT2D eigenvalue weighted by Crippen LogP contribution is 2.50. The molecule has 0 radical (unpaired) electrons. The minimum Gasteiger partial charge on any atom is -0.508 e. The summed E-state index contributed by atoms with van der Waals surface area (Å²) in [6.45, 7) is 6.19. The van der Waals surface area contributed by atoms with E-state index in [1.54, 1.807) is 56.3 Å². The van der Waals surface area contributed by atoms with Crippen molar-refractivity contribution in [3.8, 4) is 68.6 Å². The van der Waals surface area contributed by atoms with E-state index in [1.165, 1.54) is 19.2 Å². The van der Waals surface area contributed by atoms with Gasteiger partial charge >= 0.3 is 5.97 Å². The van der Waals surface area contributed by atoms with Crippen molar-refractivity contribution in [2.45, 2.75) is 176 Å². The number of fused-ring (bicyclic) bond motifs is 15. The third-order valence-corrected chi connectivity index (χ3v) is 23.1. The standard InChI is InChI=1S/C87H91Cl4N9O26/c1-37(2)22-53(93-5)79(111)99-70-72(106)43-12-20-57(51(90)25-43)122-61-27-45-28-62(76(61)126-86-77(75(109)74(108)63(34-101)124-86)125-65-32-87(4,78(110)38(3)121-65)94-33-41-10-19-59(119-35-39-6-14-46(88)15-7-39)60(23-41)120-36-40-8-16-47(89)17-9-40)123-58-21-13-44(26-52(58)91)73(107)71-84(116)98-69(85(117)118)50-29-48(102)30-56(104)66(50)49-24-42(11-18-55(49)103)67(81(113)100-71)97-82(114)68(45)96-80(112)54(31-64(92)105)95-83(70)115/h6-21,23-30,37-38,53-54,63,65,67-75,77-78,86,93-94,101-104,106-110H,22,31-36H2,1-5H3,(H2,92,105)(H,95,115)(H,96,112)(H,97,114)(H,98,116)(H,99,111)(H,100,113)(H,117,118)/t38-,53+,54-,63+,65-,67+,68+,69-,70+,71-,72+,73+,74+,75-,77+,78+,86-,87-/m0/s1. The fraction of sp³-hybridized carbons (Fsp3) is 0.356. The topological polar surface area (TPSA) is 535 Å². The van der Waals surface area contributed by atoms with Crippen LogP contribution in [-0.2, 0) is 72.3 Å². The summed E-state index contributed by atoms with van der Waals surface area (Å²) in [7, 11) is 1.47. The zero-order chi connectivity index (χ0) is 90.6. The highest BCUT2D eigenvalue weighted by Gasteiger charge is 2.52. The predicted molar refractivity (Wildman–Crippen MR) is 450 cm³/mol. The summed E-state index contributed by atoms with van der Waals surface area (Å²) in [6, 6.07) is 18.6. The van der Waals surface area contributed by atoms with Crippen molar-refractivity contribution in [1.29, 1.82) is 0 Å². The number of nitrogens with one attached hydrogen (secondary N) is 8. The number of carbonyl (C=O) groups excluding carboxylic acids is 7. The number of aliphatic carboxylic acids is 1. The smallest absolute Gasteiger partial charge is 0.330 e. The lowest BCUT2D eigenvalue weighted by atomic mass is 9.84. The average Bonchev–Trinajstić information content (AvgIpc) is 0.766. The number of ether oxygens (including phenoxy) is 8. The number of carbonyl (C=O) groups is 8. The van der Waals surface area contributed by atoms with Gasteiger partial charge in [-0.1, -0.05) is 109 Å². The van der Waals surface area contributed by atoms with Gasteiger partial charge in [-0.2, -0.15) is 0 Å². The lowest BCUT2D eigenvalue weighted by Crippen LogP contribution is -2.65. The van der Waals surface area contributed by atoms with E-state index >= 15 is 24.0 Å².